The number of benzene rings is 2. The van der Waals surface area contributed by atoms with E-state index in [2.05, 4.69) is 5.32 Å². The van der Waals surface area contributed by atoms with Gasteiger partial charge in [-0.05, 0) is 42.7 Å². The van der Waals surface area contributed by atoms with Crippen molar-refractivity contribution in [3.63, 3.8) is 0 Å². The Kier molecular flexibility index (Phi) is 10.00. The summed E-state index contributed by atoms with van der Waals surface area (Å²) < 4.78 is 74.9. The molecule has 0 atom stereocenters. The van der Waals surface area contributed by atoms with Gasteiger partial charge in [-0.3, -0.25) is 24.1 Å². The SMILES string of the molecule is N=c1ccc2c(-c3ccc(C(=O)NCCSSCCC(=O)O)cc3C(=O)O)c3c(oc-2c1S(=O)(=O)O)C(S(=O)(=O)O)=C(N)CC3. The van der Waals surface area contributed by atoms with Gasteiger partial charge in [0.1, 0.15) is 0 Å². The molecule has 0 radical (unpaired) electrons. The largest absolute Gasteiger partial charge is 0.481 e. The van der Waals surface area contributed by atoms with Crippen LogP contribution < -0.4 is 16.4 Å². The van der Waals surface area contributed by atoms with Gasteiger partial charge in [-0.15, -0.1) is 0 Å². The van der Waals surface area contributed by atoms with Gasteiger partial charge in [-0.25, -0.2) is 4.79 Å². The smallest absolute Gasteiger partial charge is 0.336 e. The van der Waals surface area contributed by atoms with Crippen molar-refractivity contribution in [2.75, 3.05) is 18.1 Å². The highest BCUT2D eigenvalue weighted by Gasteiger charge is 2.37. The number of hydrogen-bond donors (Lipinski definition) is 7. The van der Waals surface area contributed by atoms with E-state index in [9.17, 15) is 45.4 Å². The highest BCUT2D eigenvalue weighted by atomic mass is 33.1. The zero-order valence-electron chi connectivity index (χ0n) is 22.9. The summed E-state index contributed by atoms with van der Waals surface area (Å²) in [7, 11) is -7.56. The highest BCUT2D eigenvalue weighted by molar-refractivity contribution is 8.76. The van der Waals surface area contributed by atoms with E-state index in [0.717, 1.165) is 12.1 Å². The van der Waals surface area contributed by atoms with Gasteiger partial charge in [0.05, 0.1) is 17.3 Å². The Morgan fingerprint density at radius 2 is 1.60 bits per heavy atom. The molecule has 4 rings (SSSR count). The number of hydrogen-bond acceptors (Lipinski definition) is 12. The third kappa shape index (κ3) is 7.34. The lowest BCUT2D eigenvalue weighted by Crippen LogP contribution is -2.26. The number of nitrogens with two attached hydrogens (primary N) is 1. The Labute approximate surface area is 263 Å². The first-order valence-corrected chi connectivity index (χ1v) is 18.1. The minimum atomic E-state index is -5.16. The predicted molar refractivity (Wildman–Crippen MR) is 164 cm³/mol. The van der Waals surface area contributed by atoms with Crippen molar-refractivity contribution in [3.05, 3.63) is 63.8 Å². The molecular formula is C26H25N3O12S4. The number of carbonyl (C=O) groups is 3. The molecule has 1 amide bonds. The van der Waals surface area contributed by atoms with Gasteiger partial charge in [-0.2, -0.15) is 16.8 Å². The second kappa shape index (κ2) is 13.2. The van der Waals surface area contributed by atoms with Crippen LogP contribution in [-0.4, -0.2) is 72.1 Å². The first-order chi connectivity index (χ1) is 21.0. The number of carboxylic acid groups (broad SMARTS) is 2. The van der Waals surface area contributed by atoms with E-state index in [1.54, 1.807) is 0 Å². The molecule has 2 aliphatic carbocycles. The lowest BCUT2D eigenvalue weighted by Gasteiger charge is -2.26. The summed E-state index contributed by atoms with van der Waals surface area (Å²) in [4.78, 5) is 34.0. The fraction of sp³-hybridized carbons (Fsp3) is 0.231. The maximum absolute atomic E-state index is 12.8. The number of aliphatic carboxylic acids is 1. The topological polar surface area (TPSA) is 275 Å². The van der Waals surface area contributed by atoms with Crippen LogP contribution in [0.4, 0.5) is 0 Å². The normalized spacial score (nSPS) is 13.5. The summed E-state index contributed by atoms with van der Waals surface area (Å²) >= 11 is 0. The van der Waals surface area contributed by atoms with Crippen LogP contribution in [0, 0.1) is 5.41 Å². The monoisotopic (exact) mass is 699 g/mol. The van der Waals surface area contributed by atoms with Crippen LogP contribution in [0.5, 0.6) is 0 Å². The maximum Gasteiger partial charge on any atom is 0.336 e. The molecule has 8 N–H and O–H groups in total. The van der Waals surface area contributed by atoms with Gasteiger partial charge in [0, 0.05) is 46.0 Å². The van der Waals surface area contributed by atoms with Crippen LogP contribution in [-0.2, 0) is 31.5 Å². The molecule has 1 aliphatic heterocycles. The number of aromatic carboxylic acids is 1. The van der Waals surface area contributed by atoms with Crippen molar-refractivity contribution in [2.24, 2.45) is 5.73 Å². The van der Waals surface area contributed by atoms with Gasteiger partial charge in [0.25, 0.3) is 26.1 Å². The number of amides is 1. The van der Waals surface area contributed by atoms with Crippen molar-refractivity contribution < 1.29 is 55.0 Å². The fourth-order valence-corrected chi connectivity index (χ4v) is 8.17. The molecule has 0 aromatic heterocycles. The molecule has 19 heteroatoms. The van der Waals surface area contributed by atoms with Crippen molar-refractivity contribution in [1.82, 2.24) is 5.32 Å². The standard InChI is InChI=1S/C26H25N3O12S4/c27-17-5-3-14-20(15-4-6-18(28)24(45(38,39)40)22(15)41-21(14)23(17)44(35,36)37)13-2-1-12(11-16(13)26(33)34)25(32)29-8-10-43-42-9-7-19(30)31/h1-3,5,11,27H,4,6-10,28H2,(H,29,32)(H,30,31)(H,33,34)(H,35,36,37)(H,38,39,40). The quantitative estimate of drug-likeness (QED) is 0.0812. The fourth-order valence-electron chi connectivity index (χ4n) is 4.72. The molecule has 1 aromatic carbocycles. The summed E-state index contributed by atoms with van der Waals surface area (Å²) in [5.41, 5.74) is 4.90. The van der Waals surface area contributed by atoms with Gasteiger partial charge in [0.2, 0.25) is 0 Å². The summed E-state index contributed by atoms with van der Waals surface area (Å²) in [5.74, 6) is -3.51. The van der Waals surface area contributed by atoms with Crippen LogP contribution in [0.1, 0.15) is 44.9 Å². The van der Waals surface area contributed by atoms with Crippen molar-refractivity contribution >= 4 is 64.6 Å². The minimum Gasteiger partial charge on any atom is -0.481 e. The van der Waals surface area contributed by atoms with Crippen LogP contribution in [0.15, 0.2) is 45.3 Å². The molecule has 1 heterocycles. The number of fused-ring (bicyclic) bond motifs is 2. The first-order valence-electron chi connectivity index (χ1n) is 12.8. The third-order valence-corrected chi connectivity index (χ3v) is 10.8. The number of carboxylic acids is 2. The van der Waals surface area contributed by atoms with E-state index in [-0.39, 0.29) is 59.3 Å². The lowest BCUT2D eigenvalue weighted by atomic mass is 9.85. The number of allylic oxidation sites excluding steroid dienone is 1. The molecule has 240 valence electrons. The molecule has 45 heavy (non-hydrogen) atoms. The van der Waals surface area contributed by atoms with Crippen LogP contribution in [0.3, 0.4) is 0 Å². The van der Waals surface area contributed by atoms with Crippen LogP contribution in [0.25, 0.3) is 27.4 Å². The van der Waals surface area contributed by atoms with Crippen molar-refractivity contribution in [1.29, 1.82) is 5.41 Å². The molecule has 0 spiro atoms. The Morgan fingerprint density at radius 1 is 0.933 bits per heavy atom. The Hall–Kier alpha value is -3.88. The third-order valence-electron chi connectivity index (χ3n) is 6.55. The van der Waals surface area contributed by atoms with E-state index in [1.807, 2.05) is 0 Å². The summed E-state index contributed by atoms with van der Waals surface area (Å²) in [6, 6.07) is 5.89. The average Bonchev–Trinajstić information content (AvgIpc) is 2.93. The maximum atomic E-state index is 12.8. The zero-order chi connectivity index (χ0) is 33.3. The minimum absolute atomic E-state index is 0.00939. The average molecular weight is 700 g/mol. The van der Waals surface area contributed by atoms with E-state index in [1.165, 1.54) is 39.8 Å². The summed E-state index contributed by atoms with van der Waals surface area (Å²) in [5, 5.41) is 28.8. The molecule has 0 bridgehead atoms. The molecule has 0 saturated heterocycles. The molecule has 0 unspecified atom stereocenters. The van der Waals surface area contributed by atoms with E-state index >= 15 is 0 Å². The summed E-state index contributed by atoms with van der Waals surface area (Å²) in [6.07, 6.45) is -0.167. The number of nitrogens with one attached hydrogen (secondary N) is 2. The van der Waals surface area contributed by atoms with Gasteiger partial charge < -0.3 is 25.7 Å². The zero-order valence-corrected chi connectivity index (χ0v) is 26.2. The van der Waals surface area contributed by atoms with Crippen molar-refractivity contribution in [2.45, 2.75) is 24.2 Å². The van der Waals surface area contributed by atoms with Crippen LogP contribution >= 0.6 is 21.6 Å². The van der Waals surface area contributed by atoms with Gasteiger partial charge in [0.15, 0.2) is 21.3 Å². The second-order valence-electron chi connectivity index (χ2n) is 9.52. The lowest BCUT2D eigenvalue weighted by molar-refractivity contribution is -0.136. The molecule has 3 aliphatic rings. The van der Waals surface area contributed by atoms with E-state index < -0.39 is 70.3 Å². The Morgan fingerprint density at radius 3 is 2.22 bits per heavy atom. The first kappa shape index (κ1) is 34.0. The Balaban J connectivity index is 1.86. The van der Waals surface area contributed by atoms with Gasteiger partial charge in [-0.1, -0.05) is 27.7 Å². The number of carbonyl (C=O) groups excluding carboxylic acids is 1. The predicted octanol–water partition coefficient (Wildman–Crippen LogP) is 2.52. The van der Waals surface area contributed by atoms with Gasteiger partial charge >= 0.3 is 11.9 Å². The van der Waals surface area contributed by atoms with E-state index in [4.69, 9.17) is 20.7 Å². The van der Waals surface area contributed by atoms with E-state index in [0.29, 0.717) is 11.5 Å². The van der Waals surface area contributed by atoms with Crippen molar-refractivity contribution in [3.8, 4) is 22.5 Å². The Bertz CT molecular complexity index is 2000. The van der Waals surface area contributed by atoms with Crippen LogP contribution in [0.2, 0.25) is 0 Å². The second-order valence-corrected chi connectivity index (χ2v) is 14.9. The molecule has 0 fully saturated rings. The molecule has 1 aromatic rings. The highest BCUT2D eigenvalue weighted by Crippen LogP contribution is 2.47. The summed E-state index contributed by atoms with van der Waals surface area (Å²) in [6.45, 7) is 0.187. The molecule has 0 saturated carbocycles. The molecular weight excluding hydrogens is 675 g/mol. The molecule has 15 nitrogen and oxygen atoms in total. The number of rotatable bonds is 12.